The van der Waals surface area contributed by atoms with Crippen LogP contribution in [0.5, 0.6) is 23.0 Å². The maximum Gasteiger partial charge on any atom is 0.204 e. The van der Waals surface area contributed by atoms with E-state index in [1.54, 1.807) is 129 Å². The Hall–Kier alpha value is -8.32. The van der Waals surface area contributed by atoms with Crippen LogP contribution in [0.3, 0.4) is 0 Å². The van der Waals surface area contributed by atoms with Gasteiger partial charge in [0.15, 0.2) is 42.8 Å². The van der Waals surface area contributed by atoms with Gasteiger partial charge in [-0.25, -0.2) is 26.8 Å². The topological polar surface area (TPSA) is 268 Å². The number of aliphatic hydroxyl groups is 2. The molecule has 0 amide bonds. The van der Waals surface area contributed by atoms with Crippen molar-refractivity contribution in [3.8, 4) is 57.5 Å². The summed E-state index contributed by atoms with van der Waals surface area (Å²) in [6.07, 6.45) is 3.90. The lowest BCUT2D eigenvalue weighted by Crippen LogP contribution is -2.28. The molecule has 396 valence electrons. The molecule has 0 aliphatic carbocycles. The van der Waals surface area contributed by atoms with Crippen LogP contribution >= 0.6 is 0 Å². The Labute approximate surface area is 436 Å². The molecule has 0 saturated carbocycles. The van der Waals surface area contributed by atoms with Gasteiger partial charge in [0.05, 0.1) is 74.0 Å². The van der Waals surface area contributed by atoms with Gasteiger partial charge in [-0.2, -0.15) is 0 Å². The monoisotopic (exact) mass is 1070 g/mol. The number of hydrogen-bond donors (Lipinski definition) is 2. The fourth-order valence-electron chi connectivity index (χ4n) is 8.67. The summed E-state index contributed by atoms with van der Waals surface area (Å²) in [4.78, 5) is 8.53. The number of fused-ring (bicyclic) bond motifs is 2. The first-order valence-corrected chi connectivity index (χ1v) is 27.0. The van der Waals surface area contributed by atoms with Crippen molar-refractivity contribution in [2.45, 2.75) is 61.9 Å². The van der Waals surface area contributed by atoms with Crippen LogP contribution in [-0.4, -0.2) is 114 Å². The van der Waals surface area contributed by atoms with E-state index in [0.29, 0.717) is 68.4 Å². The summed E-state index contributed by atoms with van der Waals surface area (Å²) in [7, 11) is -1.94. The first kappa shape index (κ1) is 52.5. The van der Waals surface area contributed by atoms with Gasteiger partial charge in [0.1, 0.15) is 69.6 Å². The molecule has 0 aliphatic rings. The van der Waals surface area contributed by atoms with E-state index in [-0.39, 0.29) is 34.7 Å². The number of furan rings is 2. The largest absolute Gasteiger partial charge is 0.494 e. The molecular formula is C52H54N10O12S2. The van der Waals surface area contributed by atoms with E-state index in [0.717, 1.165) is 0 Å². The quantitative estimate of drug-likeness (QED) is 0.0869. The molecule has 22 nitrogen and oxygen atoms in total. The lowest BCUT2D eigenvalue weighted by Gasteiger charge is -2.20. The summed E-state index contributed by atoms with van der Waals surface area (Å²) in [5, 5.41) is 36.8. The second kappa shape index (κ2) is 21.5. The van der Waals surface area contributed by atoms with Crippen LogP contribution in [0.1, 0.15) is 60.6 Å². The van der Waals surface area contributed by atoms with Crippen molar-refractivity contribution in [1.82, 2.24) is 48.3 Å². The number of aryl methyl sites for hydroxylation is 2. The molecule has 0 saturated heterocycles. The van der Waals surface area contributed by atoms with Crippen molar-refractivity contribution in [2.75, 3.05) is 28.4 Å². The summed E-state index contributed by atoms with van der Waals surface area (Å²) in [5.74, 6) is 3.49. The van der Waals surface area contributed by atoms with Crippen LogP contribution in [-0.2, 0) is 31.2 Å². The number of para-hydroxylation sites is 2. The summed E-state index contributed by atoms with van der Waals surface area (Å²) in [6.45, 7) is 6.49. The van der Waals surface area contributed by atoms with Gasteiger partial charge in [0, 0.05) is 12.4 Å². The van der Waals surface area contributed by atoms with E-state index in [2.05, 4.69) is 30.4 Å². The second-order valence-electron chi connectivity index (χ2n) is 17.6. The predicted molar refractivity (Wildman–Crippen MR) is 278 cm³/mol. The second-order valence-corrected chi connectivity index (χ2v) is 22.3. The Kier molecular flexibility index (Phi) is 14.9. The average Bonchev–Trinajstić information content (AvgIpc) is 4.33. The van der Waals surface area contributed by atoms with Crippen molar-refractivity contribution in [2.24, 2.45) is 0 Å². The highest BCUT2D eigenvalue weighted by molar-refractivity contribution is 7.91. The van der Waals surface area contributed by atoms with Crippen molar-refractivity contribution >= 4 is 30.7 Å². The summed E-state index contributed by atoms with van der Waals surface area (Å²) in [6, 6.07) is 28.2. The molecule has 0 aliphatic heterocycles. The van der Waals surface area contributed by atoms with E-state index < -0.39 is 53.9 Å². The number of methoxy groups -OCH3 is 4. The Bertz CT molecular complexity index is 3620. The maximum atomic E-state index is 13.7. The van der Waals surface area contributed by atoms with Gasteiger partial charge in [-0.15, -0.1) is 20.4 Å². The van der Waals surface area contributed by atoms with Crippen LogP contribution in [0.2, 0.25) is 0 Å². The molecule has 0 bridgehead atoms. The summed E-state index contributed by atoms with van der Waals surface area (Å²) in [5.41, 5.74) is 2.65. The first-order chi connectivity index (χ1) is 36.5. The number of pyridine rings is 2. The van der Waals surface area contributed by atoms with Gasteiger partial charge in [-0.1, -0.05) is 24.3 Å². The Morgan fingerprint density at radius 1 is 0.513 bits per heavy atom. The third-order valence-corrected chi connectivity index (χ3v) is 16.9. The highest BCUT2D eigenvalue weighted by Crippen LogP contribution is 2.40. The molecule has 0 spiro atoms. The average molecular weight is 1080 g/mol. The van der Waals surface area contributed by atoms with E-state index >= 15 is 0 Å². The zero-order valence-electron chi connectivity index (χ0n) is 42.5. The fourth-order valence-corrected chi connectivity index (χ4v) is 11.3. The van der Waals surface area contributed by atoms with Crippen molar-refractivity contribution in [1.29, 1.82) is 0 Å². The molecule has 24 heteroatoms. The van der Waals surface area contributed by atoms with Gasteiger partial charge in [0.2, 0.25) is 11.6 Å². The van der Waals surface area contributed by atoms with Crippen molar-refractivity contribution in [3.63, 3.8) is 0 Å². The van der Waals surface area contributed by atoms with Crippen molar-refractivity contribution in [3.05, 3.63) is 157 Å². The molecule has 2 N–H and O–H groups in total. The number of sulfone groups is 2. The summed E-state index contributed by atoms with van der Waals surface area (Å²) < 4.78 is 95.1. The van der Waals surface area contributed by atoms with Crippen LogP contribution in [0.15, 0.2) is 131 Å². The molecule has 4 atom stereocenters. The molecule has 2 aromatic carbocycles. The standard InChI is InChI=1S/2C26H27N5O6S/c2*1-16-11-12-21(37-16)26-29-28-22(31(26)24-19(35-3)9-7-10-20(24)36-4)14-38(33,34)17(2)25(32)23-18-8-5-6-13-30(18)15-27-23/h2*5-13,15,17,25,32H,14H2,1-4H3/t2*17-,25-/m10/s1. The number of ether oxygens (including phenoxy) is 4. The molecule has 0 unspecified atom stereocenters. The molecule has 0 fully saturated rings. The van der Waals surface area contributed by atoms with Crippen molar-refractivity contribution < 1.29 is 54.8 Å². The molecule has 8 heterocycles. The first-order valence-electron chi connectivity index (χ1n) is 23.6. The number of imidazole rings is 2. The van der Waals surface area contributed by atoms with E-state index in [4.69, 9.17) is 27.8 Å². The highest BCUT2D eigenvalue weighted by atomic mass is 32.2. The van der Waals surface area contributed by atoms with Crippen LogP contribution in [0, 0.1) is 13.8 Å². The Morgan fingerprint density at radius 2 is 0.882 bits per heavy atom. The van der Waals surface area contributed by atoms with Crippen LogP contribution < -0.4 is 18.9 Å². The Balaban J connectivity index is 0.000000186. The van der Waals surface area contributed by atoms with Gasteiger partial charge >= 0.3 is 0 Å². The van der Waals surface area contributed by atoms with Gasteiger partial charge < -0.3 is 46.8 Å². The number of rotatable bonds is 18. The molecule has 10 rings (SSSR count). The number of benzene rings is 2. The number of aliphatic hydroxyl groups excluding tert-OH is 2. The third kappa shape index (κ3) is 10.0. The zero-order chi connectivity index (χ0) is 54.1. The lowest BCUT2D eigenvalue weighted by atomic mass is 10.2. The number of aromatic nitrogens is 10. The minimum absolute atomic E-state index is 0.102. The fraction of sp³-hybridized carbons (Fsp3) is 0.269. The van der Waals surface area contributed by atoms with Crippen LogP contribution in [0.25, 0.3) is 45.6 Å². The van der Waals surface area contributed by atoms with Gasteiger partial charge in [0.25, 0.3) is 0 Å². The molecule has 10 aromatic rings. The summed E-state index contributed by atoms with van der Waals surface area (Å²) >= 11 is 0. The van der Waals surface area contributed by atoms with Gasteiger partial charge in [-0.3, -0.25) is 9.13 Å². The number of nitrogens with zero attached hydrogens (tertiary/aromatic N) is 10. The van der Waals surface area contributed by atoms with Crippen LogP contribution in [0.4, 0.5) is 0 Å². The number of hydrogen-bond acceptors (Lipinski definition) is 18. The zero-order valence-corrected chi connectivity index (χ0v) is 44.2. The molecule has 0 radical (unpaired) electrons. The molecule has 76 heavy (non-hydrogen) atoms. The smallest absolute Gasteiger partial charge is 0.204 e. The molecular weight excluding hydrogens is 1020 g/mol. The lowest BCUT2D eigenvalue weighted by molar-refractivity contribution is 0.173. The molecule has 8 aromatic heterocycles. The minimum Gasteiger partial charge on any atom is -0.494 e. The highest BCUT2D eigenvalue weighted by Gasteiger charge is 2.37. The normalized spacial score (nSPS) is 13.5. The minimum atomic E-state index is -3.98. The van der Waals surface area contributed by atoms with E-state index in [9.17, 15) is 27.0 Å². The SMILES string of the molecule is COc1cccc(OC)c1-n1c(CS(=O)(=O)[C@@H](C)[C@H](O)c2ncn3ccccc23)nnc1-c1ccc(C)o1.COc1cccc(OC)c1-n1c(CS(=O)(=O)[C@H](C)[C@@H](O)c2ncn3ccccc23)nnc1-c1ccc(C)o1. The van der Waals surface area contributed by atoms with E-state index in [1.165, 1.54) is 54.9 Å². The Morgan fingerprint density at radius 3 is 1.21 bits per heavy atom. The van der Waals surface area contributed by atoms with E-state index in [1.807, 2.05) is 12.1 Å². The predicted octanol–water partition coefficient (Wildman–Crippen LogP) is 7.08. The maximum absolute atomic E-state index is 13.7. The third-order valence-electron chi connectivity index (χ3n) is 12.8. The van der Waals surface area contributed by atoms with Gasteiger partial charge in [-0.05, 0) is 100 Å².